The molecule has 0 saturated heterocycles. The van der Waals surface area contributed by atoms with Crippen molar-refractivity contribution in [2.45, 2.75) is 26.3 Å². The van der Waals surface area contributed by atoms with Crippen molar-refractivity contribution in [2.24, 2.45) is 5.10 Å². The largest absolute Gasteiger partial charge is 0.493 e. The number of hydrogen-bond acceptors (Lipinski definition) is 6. The van der Waals surface area contributed by atoms with Crippen LogP contribution in [0.5, 0.6) is 11.5 Å². The Bertz CT molecular complexity index is 1290. The molecular formula is C28H29IN4O5. The van der Waals surface area contributed by atoms with Gasteiger partial charge in [-0.1, -0.05) is 56.3 Å². The number of hydrogen-bond donors (Lipinski definition) is 3. The number of nitrogens with one attached hydrogen (secondary N) is 3. The topological polar surface area (TPSA) is 118 Å². The minimum absolute atomic E-state index is 0.207. The SMILES string of the molecule is COc1cc(/C=N\NC(=O)C(=O)NCc2ccc(C(C)C)cc2)cc(I)c1OCC(=O)Nc1ccccc1. The summed E-state index contributed by atoms with van der Waals surface area (Å²) >= 11 is 2.05. The lowest BCUT2D eigenvalue weighted by atomic mass is 10.0. The van der Waals surface area contributed by atoms with E-state index in [1.165, 1.54) is 18.9 Å². The zero-order valence-corrected chi connectivity index (χ0v) is 23.4. The van der Waals surface area contributed by atoms with Gasteiger partial charge in [-0.25, -0.2) is 5.43 Å². The van der Waals surface area contributed by atoms with Gasteiger partial charge >= 0.3 is 11.8 Å². The van der Waals surface area contributed by atoms with Crippen LogP contribution in [0.15, 0.2) is 71.8 Å². The number of rotatable bonds is 10. The molecule has 3 aromatic carbocycles. The smallest absolute Gasteiger partial charge is 0.329 e. The minimum atomic E-state index is -0.883. The van der Waals surface area contributed by atoms with Crippen molar-refractivity contribution < 1.29 is 23.9 Å². The van der Waals surface area contributed by atoms with Crippen LogP contribution in [0, 0.1) is 3.57 Å². The third-order valence-corrected chi connectivity index (χ3v) is 6.14. The van der Waals surface area contributed by atoms with Crippen LogP contribution in [-0.4, -0.2) is 37.7 Å². The fourth-order valence-electron chi connectivity index (χ4n) is 3.31. The molecule has 38 heavy (non-hydrogen) atoms. The average Bonchev–Trinajstić information content (AvgIpc) is 2.91. The summed E-state index contributed by atoms with van der Waals surface area (Å²) in [6.07, 6.45) is 1.38. The maximum atomic E-state index is 12.2. The number of halogens is 1. The van der Waals surface area contributed by atoms with Crippen LogP contribution in [0.3, 0.4) is 0 Å². The molecule has 198 valence electrons. The summed E-state index contributed by atoms with van der Waals surface area (Å²) in [5.74, 6) is -0.781. The highest BCUT2D eigenvalue weighted by Crippen LogP contribution is 2.33. The minimum Gasteiger partial charge on any atom is -0.493 e. The fourth-order valence-corrected chi connectivity index (χ4v) is 4.09. The maximum absolute atomic E-state index is 12.2. The standard InChI is InChI=1S/C28H29IN4O5/c1-18(2)21-11-9-19(10-12-21)15-30-27(35)28(36)33-31-16-20-13-23(29)26(24(14-20)37-3)38-17-25(34)32-22-7-5-4-6-8-22/h4-14,16,18H,15,17H2,1-3H3,(H,30,35)(H,32,34)(H,33,36)/b31-16-. The van der Waals surface area contributed by atoms with Gasteiger partial charge in [-0.15, -0.1) is 0 Å². The number of benzene rings is 3. The monoisotopic (exact) mass is 628 g/mol. The fraction of sp³-hybridized carbons (Fsp3) is 0.214. The second-order valence-corrected chi connectivity index (χ2v) is 9.68. The van der Waals surface area contributed by atoms with Crippen LogP contribution >= 0.6 is 22.6 Å². The molecule has 0 atom stereocenters. The molecular weight excluding hydrogens is 599 g/mol. The first-order valence-electron chi connectivity index (χ1n) is 11.8. The number of ether oxygens (including phenoxy) is 2. The van der Waals surface area contributed by atoms with Gasteiger partial charge in [0.2, 0.25) is 0 Å². The predicted molar refractivity (Wildman–Crippen MR) is 154 cm³/mol. The molecule has 3 N–H and O–H groups in total. The Balaban J connectivity index is 1.52. The Labute approximate surface area is 235 Å². The average molecular weight is 628 g/mol. The number of methoxy groups -OCH3 is 1. The van der Waals surface area contributed by atoms with Crippen LogP contribution in [0.4, 0.5) is 5.69 Å². The summed E-state index contributed by atoms with van der Waals surface area (Å²) in [4.78, 5) is 36.4. The molecule has 0 unspecified atom stereocenters. The highest BCUT2D eigenvalue weighted by molar-refractivity contribution is 14.1. The van der Waals surface area contributed by atoms with Gasteiger partial charge in [0.1, 0.15) is 0 Å². The Morgan fingerprint density at radius 3 is 2.37 bits per heavy atom. The lowest BCUT2D eigenvalue weighted by Crippen LogP contribution is -2.37. The molecule has 0 aromatic heterocycles. The molecule has 0 aliphatic heterocycles. The van der Waals surface area contributed by atoms with E-state index < -0.39 is 11.8 Å². The molecule has 0 radical (unpaired) electrons. The van der Waals surface area contributed by atoms with E-state index in [1.807, 2.05) is 42.5 Å². The number of para-hydroxylation sites is 1. The van der Waals surface area contributed by atoms with Crippen molar-refractivity contribution in [1.29, 1.82) is 0 Å². The summed E-state index contributed by atoms with van der Waals surface area (Å²) in [6.45, 7) is 4.24. The summed E-state index contributed by atoms with van der Waals surface area (Å²) in [7, 11) is 1.48. The van der Waals surface area contributed by atoms with Crippen molar-refractivity contribution in [2.75, 3.05) is 19.0 Å². The Kier molecular flexibility index (Phi) is 10.6. The van der Waals surface area contributed by atoms with Gasteiger partial charge in [0.15, 0.2) is 18.1 Å². The molecule has 0 aliphatic rings. The number of amides is 3. The van der Waals surface area contributed by atoms with Crippen LogP contribution in [0.2, 0.25) is 0 Å². The van der Waals surface area contributed by atoms with Gasteiger partial charge in [0.05, 0.1) is 16.9 Å². The number of hydrazone groups is 1. The number of carbonyl (C=O) groups excluding carboxylic acids is 3. The summed E-state index contributed by atoms with van der Waals surface area (Å²) in [6, 6.07) is 20.3. The van der Waals surface area contributed by atoms with Gasteiger partial charge in [-0.05, 0) is 69.5 Å². The predicted octanol–water partition coefficient (Wildman–Crippen LogP) is 4.21. The van der Waals surface area contributed by atoms with Crippen LogP contribution in [-0.2, 0) is 20.9 Å². The van der Waals surface area contributed by atoms with E-state index in [9.17, 15) is 14.4 Å². The van der Waals surface area contributed by atoms with E-state index in [2.05, 4.69) is 57.6 Å². The van der Waals surface area contributed by atoms with Crippen LogP contribution in [0.25, 0.3) is 0 Å². The first-order valence-corrected chi connectivity index (χ1v) is 12.9. The van der Waals surface area contributed by atoms with E-state index in [0.29, 0.717) is 32.2 Å². The van der Waals surface area contributed by atoms with Gasteiger partial charge in [-0.2, -0.15) is 5.10 Å². The van der Waals surface area contributed by atoms with Crippen molar-refractivity contribution in [3.05, 3.63) is 87.0 Å². The maximum Gasteiger partial charge on any atom is 0.329 e. The van der Waals surface area contributed by atoms with Gasteiger partial charge in [-0.3, -0.25) is 14.4 Å². The third kappa shape index (κ3) is 8.58. The van der Waals surface area contributed by atoms with Gasteiger partial charge < -0.3 is 20.1 Å². The number of carbonyl (C=O) groups is 3. The van der Waals surface area contributed by atoms with Crippen LogP contribution < -0.4 is 25.5 Å². The zero-order chi connectivity index (χ0) is 27.5. The second-order valence-electron chi connectivity index (χ2n) is 8.52. The Morgan fingerprint density at radius 1 is 1.00 bits per heavy atom. The van der Waals surface area contributed by atoms with Gasteiger partial charge in [0, 0.05) is 12.2 Å². The van der Waals surface area contributed by atoms with Crippen LogP contribution in [0.1, 0.15) is 36.5 Å². The molecule has 3 rings (SSSR count). The Hall–Kier alpha value is -3.93. The molecule has 0 spiro atoms. The third-order valence-electron chi connectivity index (χ3n) is 5.34. The van der Waals surface area contributed by atoms with E-state index >= 15 is 0 Å². The summed E-state index contributed by atoms with van der Waals surface area (Å²) in [5, 5.41) is 9.19. The molecule has 0 bridgehead atoms. The van der Waals surface area contributed by atoms with Gasteiger partial charge in [0.25, 0.3) is 5.91 Å². The molecule has 0 aliphatic carbocycles. The van der Waals surface area contributed by atoms with E-state index in [1.54, 1.807) is 24.3 Å². The van der Waals surface area contributed by atoms with E-state index in [0.717, 1.165) is 5.56 Å². The normalized spacial score (nSPS) is 10.8. The van der Waals surface area contributed by atoms with Crippen molar-refractivity contribution in [3.8, 4) is 11.5 Å². The first kappa shape index (κ1) is 28.6. The molecule has 10 heteroatoms. The zero-order valence-electron chi connectivity index (χ0n) is 21.3. The van der Waals surface area contributed by atoms with Crippen molar-refractivity contribution in [1.82, 2.24) is 10.7 Å². The van der Waals surface area contributed by atoms with E-state index in [-0.39, 0.29) is 19.1 Å². The summed E-state index contributed by atoms with van der Waals surface area (Å²) < 4.78 is 11.8. The lowest BCUT2D eigenvalue weighted by Gasteiger charge is -2.13. The molecule has 3 aromatic rings. The van der Waals surface area contributed by atoms with Crippen molar-refractivity contribution >= 4 is 52.2 Å². The summed E-state index contributed by atoms with van der Waals surface area (Å²) in [5.41, 5.74) is 5.57. The van der Waals surface area contributed by atoms with Crippen molar-refractivity contribution in [3.63, 3.8) is 0 Å². The quantitative estimate of drug-likeness (QED) is 0.135. The molecule has 0 fully saturated rings. The second kappa shape index (κ2) is 14.1. The molecule has 0 saturated carbocycles. The molecule has 0 heterocycles. The highest BCUT2D eigenvalue weighted by atomic mass is 127. The van der Waals surface area contributed by atoms with E-state index in [4.69, 9.17) is 9.47 Å². The molecule has 9 nitrogen and oxygen atoms in total. The number of anilines is 1. The first-order chi connectivity index (χ1) is 18.3. The lowest BCUT2D eigenvalue weighted by molar-refractivity contribution is -0.139. The highest BCUT2D eigenvalue weighted by Gasteiger charge is 2.15. The Morgan fingerprint density at radius 2 is 1.71 bits per heavy atom. The molecule has 3 amide bonds. The number of nitrogens with zero attached hydrogens (tertiary/aromatic N) is 1.